The second-order valence-corrected chi connectivity index (χ2v) is 4.54. The van der Waals surface area contributed by atoms with Gasteiger partial charge in [-0.05, 0) is 18.9 Å². The van der Waals surface area contributed by atoms with Crippen LogP contribution >= 0.6 is 0 Å². The fourth-order valence-corrected chi connectivity index (χ4v) is 1.88. The molecule has 17 heavy (non-hydrogen) atoms. The predicted octanol–water partition coefficient (Wildman–Crippen LogP) is 1.71. The molecule has 0 aromatic carbocycles. The first-order valence-corrected chi connectivity index (χ1v) is 6.47. The average Bonchev–Trinajstić information content (AvgIpc) is 2.73. The number of methoxy groups -OCH3 is 1. The SMILES string of the molecule is CCCn1ccnc1CC(C)CNCCOC. The molecule has 0 saturated carbocycles. The van der Waals surface area contributed by atoms with E-state index in [1.807, 2.05) is 6.20 Å². The number of hydrogen-bond donors (Lipinski definition) is 1. The highest BCUT2D eigenvalue weighted by molar-refractivity contribution is 4.93. The van der Waals surface area contributed by atoms with Crippen LogP contribution in [0.15, 0.2) is 12.4 Å². The van der Waals surface area contributed by atoms with Crippen LogP contribution in [0.4, 0.5) is 0 Å². The Morgan fingerprint density at radius 2 is 2.35 bits per heavy atom. The maximum Gasteiger partial charge on any atom is 0.108 e. The maximum atomic E-state index is 5.00. The number of imidazole rings is 1. The van der Waals surface area contributed by atoms with Crippen LogP contribution in [0.1, 0.15) is 26.1 Å². The Morgan fingerprint density at radius 3 is 3.06 bits per heavy atom. The zero-order valence-electron chi connectivity index (χ0n) is 11.3. The molecular formula is C13H25N3O. The van der Waals surface area contributed by atoms with E-state index in [9.17, 15) is 0 Å². The lowest BCUT2D eigenvalue weighted by atomic mass is 10.1. The van der Waals surface area contributed by atoms with E-state index >= 15 is 0 Å². The van der Waals surface area contributed by atoms with Crippen molar-refractivity contribution in [3.8, 4) is 0 Å². The molecular weight excluding hydrogens is 214 g/mol. The highest BCUT2D eigenvalue weighted by Crippen LogP contribution is 2.07. The third-order valence-corrected chi connectivity index (χ3v) is 2.77. The minimum Gasteiger partial charge on any atom is -0.383 e. The molecule has 0 aliphatic heterocycles. The fraction of sp³-hybridized carbons (Fsp3) is 0.769. The lowest BCUT2D eigenvalue weighted by molar-refractivity contribution is 0.198. The second-order valence-electron chi connectivity index (χ2n) is 4.54. The molecule has 1 heterocycles. The first-order chi connectivity index (χ1) is 8.27. The van der Waals surface area contributed by atoms with Crippen molar-refractivity contribution < 1.29 is 4.74 Å². The van der Waals surface area contributed by atoms with Gasteiger partial charge in [-0.2, -0.15) is 0 Å². The molecule has 1 aromatic heterocycles. The zero-order chi connectivity index (χ0) is 12.5. The average molecular weight is 239 g/mol. The number of ether oxygens (including phenoxy) is 1. The number of nitrogens with one attached hydrogen (secondary N) is 1. The van der Waals surface area contributed by atoms with Crippen molar-refractivity contribution in [3.63, 3.8) is 0 Å². The van der Waals surface area contributed by atoms with Gasteiger partial charge < -0.3 is 14.6 Å². The largest absolute Gasteiger partial charge is 0.383 e. The van der Waals surface area contributed by atoms with Crippen molar-refractivity contribution in [1.82, 2.24) is 14.9 Å². The number of aromatic nitrogens is 2. The molecule has 0 fully saturated rings. The van der Waals surface area contributed by atoms with Gasteiger partial charge >= 0.3 is 0 Å². The van der Waals surface area contributed by atoms with E-state index in [4.69, 9.17) is 4.74 Å². The first-order valence-electron chi connectivity index (χ1n) is 6.47. The molecule has 4 heteroatoms. The summed E-state index contributed by atoms with van der Waals surface area (Å²) in [6.07, 6.45) is 6.16. The Morgan fingerprint density at radius 1 is 1.53 bits per heavy atom. The Balaban J connectivity index is 2.29. The van der Waals surface area contributed by atoms with Gasteiger partial charge in [0.05, 0.1) is 6.61 Å². The van der Waals surface area contributed by atoms with Gasteiger partial charge in [0.25, 0.3) is 0 Å². The molecule has 1 aromatic rings. The van der Waals surface area contributed by atoms with Gasteiger partial charge in [0.2, 0.25) is 0 Å². The summed E-state index contributed by atoms with van der Waals surface area (Å²) in [5.74, 6) is 1.80. The molecule has 4 nitrogen and oxygen atoms in total. The maximum absolute atomic E-state index is 5.00. The normalized spacial score (nSPS) is 12.9. The number of nitrogens with zero attached hydrogens (tertiary/aromatic N) is 2. The first kappa shape index (κ1) is 14.2. The molecule has 1 rings (SSSR count). The van der Waals surface area contributed by atoms with Crippen molar-refractivity contribution in [2.75, 3.05) is 26.8 Å². The van der Waals surface area contributed by atoms with Crippen molar-refractivity contribution >= 4 is 0 Å². The van der Waals surface area contributed by atoms with Crippen LogP contribution in [0.5, 0.6) is 0 Å². The summed E-state index contributed by atoms with van der Waals surface area (Å²) >= 11 is 0. The summed E-state index contributed by atoms with van der Waals surface area (Å²) in [5, 5.41) is 3.39. The molecule has 0 saturated heterocycles. The highest BCUT2D eigenvalue weighted by atomic mass is 16.5. The predicted molar refractivity (Wildman–Crippen MR) is 70.1 cm³/mol. The van der Waals surface area contributed by atoms with E-state index < -0.39 is 0 Å². The number of aryl methyl sites for hydroxylation is 1. The van der Waals surface area contributed by atoms with Crippen LogP contribution in [-0.2, 0) is 17.7 Å². The van der Waals surface area contributed by atoms with Crippen LogP contribution in [0.2, 0.25) is 0 Å². The third kappa shape index (κ3) is 5.33. The lowest BCUT2D eigenvalue weighted by Crippen LogP contribution is -2.26. The summed E-state index contributed by atoms with van der Waals surface area (Å²) in [6.45, 7) is 8.23. The van der Waals surface area contributed by atoms with Crippen molar-refractivity contribution in [3.05, 3.63) is 18.2 Å². The minimum atomic E-state index is 0.602. The van der Waals surface area contributed by atoms with Crippen LogP contribution < -0.4 is 5.32 Å². The van der Waals surface area contributed by atoms with Gasteiger partial charge in [0, 0.05) is 39.0 Å². The van der Waals surface area contributed by atoms with Gasteiger partial charge in [-0.25, -0.2) is 4.98 Å². The van der Waals surface area contributed by atoms with Crippen molar-refractivity contribution in [2.24, 2.45) is 5.92 Å². The summed E-state index contributed by atoms with van der Waals surface area (Å²) in [4.78, 5) is 4.43. The Bertz CT molecular complexity index is 299. The summed E-state index contributed by atoms with van der Waals surface area (Å²) < 4.78 is 7.26. The highest BCUT2D eigenvalue weighted by Gasteiger charge is 2.08. The van der Waals surface area contributed by atoms with E-state index in [2.05, 4.69) is 34.9 Å². The summed E-state index contributed by atoms with van der Waals surface area (Å²) in [5.41, 5.74) is 0. The molecule has 0 aliphatic carbocycles. The molecule has 0 bridgehead atoms. The van der Waals surface area contributed by atoms with Gasteiger partial charge in [-0.15, -0.1) is 0 Å². The van der Waals surface area contributed by atoms with Crippen LogP contribution in [0, 0.1) is 5.92 Å². The van der Waals surface area contributed by atoms with E-state index in [-0.39, 0.29) is 0 Å². The molecule has 1 N–H and O–H groups in total. The molecule has 0 aliphatic rings. The van der Waals surface area contributed by atoms with Gasteiger partial charge in [0.1, 0.15) is 5.82 Å². The molecule has 0 radical (unpaired) electrons. The topological polar surface area (TPSA) is 39.1 Å². The van der Waals surface area contributed by atoms with Crippen molar-refractivity contribution in [1.29, 1.82) is 0 Å². The second kappa shape index (κ2) is 8.25. The van der Waals surface area contributed by atoms with E-state index in [1.54, 1.807) is 7.11 Å². The standard InChI is InChI=1S/C13H25N3O/c1-4-7-16-8-5-15-13(16)10-12(2)11-14-6-9-17-3/h5,8,12,14H,4,6-7,9-11H2,1-3H3. The summed E-state index contributed by atoms with van der Waals surface area (Å²) in [6, 6.07) is 0. The van der Waals surface area contributed by atoms with E-state index in [1.165, 1.54) is 5.82 Å². The van der Waals surface area contributed by atoms with Gasteiger partial charge in [-0.1, -0.05) is 13.8 Å². The zero-order valence-corrected chi connectivity index (χ0v) is 11.3. The smallest absolute Gasteiger partial charge is 0.108 e. The molecule has 1 unspecified atom stereocenters. The van der Waals surface area contributed by atoms with E-state index in [0.29, 0.717) is 5.92 Å². The number of rotatable bonds is 9. The van der Waals surface area contributed by atoms with Crippen LogP contribution in [0.25, 0.3) is 0 Å². The number of hydrogen-bond acceptors (Lipinski definition) is 3. The molecule has 1 atom stereocenters. The molecule has 0 amide bonds. The molecule has 98 valence electrons. The molecule has 0 spiro atoms. The van der Waals surface area contributed by atoms with Crippen LogP contribution in [-0.4, -0.2) is 36.4 Å². The minimum absolute atomic E-state index is 0.602. The van der Waals surface area contributed by atoms with Crippen LogP contribution in [0.3, 0.4) is 0 Å². The fourth-order valence-electron chi connectivity index (χ4n) is 1.88. The van der Waals surface area contributed by atoms with E-state index in [0.717, 1.165) is 39.1 Å². The lowest BCUT2D eigenvalue weighted by Gasteiger charge is -2.13. The van der Waals surface area contributed by atoms with Gasteiger partial charge in [-0.3, -0.25) is 0 Å². The Hall–Kier alpha value is -0.870. The Kier molecular flexibility index (Phi) is 6.89. The summed E-state index contributed by atoms with van der Waals surface area (Å²) in [7, 11) is 1.73. The third-order valence-electron chi connectivity index (χ3n) is 2.77. The van der Waals surface area contributed by atoms with Crippen molar-refractivity contribution in [2.45, 2.75) is 33.2 Å². The van der Waals surface area contributed by atoms with Gasteiger partial charge in [0.15, 0.2) is 0 Å². The Labute approximate surface area is 104 Å². The monoisotopic (exact) mass is 239 g/mol. The quantitative estimate of drug-likeness (QED) is 0.667.